The number of pyridine rings is 1. The molecule has 4 aromatic rings. The number of amides is 1. The van der Waals surface area contributed by atoms with Crippen molar-refractivity contribution in [3.8, 4) is 0 Å². The van der Waals surface area contributed by atoms with Crippen molar-refractivity contribution in [3.05, 3.63) is 119 Å². The summed E-state index contributed by atoms with van der Waals surface area (Å²) in [6.07, 6.45) is 3.98. The molecule has 39 heavy (non-hydrogen) atoms. The van der Waals surface area contributed by atoms with E-state index in [-0.39, 0.29) is 18.0 Å². The number of nitrogens with zero attached hydrogens (tertiary/aromatic N) is 3. The van der Waals surface area contributed by atoms with E-state index in [4.69, 9.17) is 11.6 Å². The summed E-state index contributed by atoms with van der Waals surface area (Å²) < 4.78 is 0. The number of fused-ring (bicyclic) bond motifs is 1. The first kappa shape index (κ1) is 26.8. The zero-order valence-electron chi connectivity index (χ0n) is 22.9. The fourth-order valence-electron chi connectivity index (χ4n) is 5.52. The lowest BCUT2D eigenvalue weighted by atomic mass is 9.86. The Bertz CT molecular complexity index is 1420. The van der Waals surface area contributed by atoms with Crippen molar-refractivity contribution in [2.75, 3.05) is 21.7 Å². The molecule has 2 unspecified atom stereocenters. The smallest absolute Gasteiger partial charge is 0.232 e. The van der Waals surface area contributed by atoms with Gasteiger partial charge in [-0.3, -0.25) is 9.78 Å². The predicted octanol–water partition coefficient (Wildman–Crippen LogP) is 7.82. The van der Waals surface area contributed by atoms with Gasteiger partial charge in [0, 0.05) is 53.1 Å². The number of carbonyl (C=O) groups is 1. The van der Waals surface area contributed by atoms with Crippen LogP contribution in [0.2, 0.25) is 5.02 Å². The van der Waals surface area contributed by atoms with Gasteiger partial charge >= 0.3 is 0 Å². The van der Waals surface area contributed by atoms with Gasteiger partial charge in [0.15, 0.2) is 0 Å². The normalized spacial score (nSPS) is 15.7. The molecule has 1 aliphatic rings. The molecule has 0 bridgehead atoms. The molecular weight excluding hydrogens is 504 g/mol. The molecule has 1 N–H and O–H groups in total. The summed E-state index contributed by atoms with van der Waals surface area (Å²) in [5.74, 6) is 0.0808. The molecule has 5 nitrogen and oxygen atoms in total. The Balaban J connectivity index is 1.53. The second-order valence-corrected chi connectivity index (χ2v) is 10.8. The fourth-order valence-corrected chi connectivity index (χ4v) is 5.65. The van der Waals surface area contributed by atoms with Gasteiger partial charge in [-0.2, -0.15) is 0 Å². The molecule has 2 heterocycles. The number of rotatable bonds is 8. The maximum absolute atomic E-state index is 13.7. The summed E-state index contributed by atoms with van der Waals surface area (Å²) in [4.78, 5) is 22.1. The Kier molecular flexibility index (Phi) is 7.89. The molecule has 1 aliphatic heterocycles. The predicted molar refractivity (Wildman–Crippen MR) is 162 cm³/mol. The summed E-state index contributed by atoms with van der Waals surface area (Å²) in [6, 6.07) is 26.8. The molecule has 200 valence electrons. The largest absolute Gasteiger partial charge is 0.379 e. The van der Waals surface area contributed by atoms with Crippen LogP contribution in [0.1, 0.15) is 62.0 Å². The maximum Gasteiger partial charge on any atom is 0.232 e. The Labute approximate surface area is 236 Å². The molecule has 5 rings (SSSR count). The van der Waals surface area contributed by atoms with E-state index in [0.29, 0.717) is 17.5 Å². The van der Waals surface area contributed by atoms with Crippen molar-refractivity contribution in [1.82, 2.24) is 4.98 Å². The SMILES string of the molecule is CCN(c1ccc2c(c1)C(c1ccc(Cl)cc1)N(c1ccc(NC(C)c3ccncc3)cc1)C(=O)C2)C(C)C. The molecule has 0 aliphatic carbocycles. The van der Waals surface area contributed by atoms with Crippen LogP contribution in [0.3, 0.4) is 0 Å². The van der Waals surface area contributed by atoms with Gasteiger partial charge in [0.05, 0.1) is 12.5 Å². The Morgan fingerprint density at radius 1 is 0.974 bits per heavy atom. The number of benzene rings is 3. The van der Waals surface area contributed by atoms with Gasteiger partial charge in [-0.1, -0.05) is 29.8 Å². The zero-order valence-corrected chi connectivity index (χ0v) is 23.7. The number of hydrogen-bond acceptors (Lipinski definition) is 4. The van der Waals surface area contributed by atoms with Gasteiger partial charge in [0.1, 0.15) is 0 Å². The van der Waals surface area contributed by atoms with E-state index in [9.17, 15) is 4.79 Å². The zero-order chi connectivity index (χ0) is 27.5. The van der Waals surface area contributed by atoms with Crippen LogP contribution in [0.5, 0.6) is 0 Å². The highest BCUT2D eigenvalue weighted by molar-refractivity contribution is 6.30. The van der Waals surface area contributed by atoms with Crippen molar-refractivity contribution in [3.63, 3.8) is 0 Å². The van der Waals surface area contributed by atoms with Crippen LogP contribution in [0.15, 0.2) is 91.3 Å². The number of carbonyl (C=O) groups excluding carboxylic acids is 1. The standard InChI is InChI=1S/C33H35ClN4O/c1-5-37(22(2)3)30-13-8-26-20-32(39)38(33(31(26)21-30)25-6-9-27(34)10-7-25)29-14-11-28(12-15-29)36-23(4)24-16-18-35-19-17-24/h6-19,21-23,33,36H,5,20H2,1-4H3. The van der Waals surface area contributed by atoms with Crippen LogP contribution in [-0.2, 0) is 11.2 Å². The first-order valence-corrected chi connectivity index (χ1v) is 14.0. The molecule has 3 aromatic carbocycles. The lowest BCUT2D eigenvalue weighted by molar-refractivity contribution is -0.118. The minimum atomic E-state index is -0.251. The third-order valence-electron chi connectivity index (χ3n) is 7.51. The van der Waals surface area contributed by atoms with E-state index in [1.165, 1.54) is 5.69 Å². The molecule has 6 heteroatoms. The van der Waals surface area contributed by atoms with Crippen molar-refractivity contribution in [1.29, 1.82) is 0 Å². The van der Waals surface area contributed by atoms with E-state index in [2.05, 4.69) is 61.1 Å². The summed E-state index contributed by atoms with van der Waals surface area (Å²) in [6.45, 7) is 9.63. The summed E-state index contributed by atoms with van der Waals surface area (Å²) in [7, 11) is 0. The topological polar surface area (TPSA) is 48.5 Å². The van der Waals surface area contributed by atoms with E-state index >= 15 is 0 Å². The molecule has 2 atom stereocenters. The van der Waals surface area contributed by atoms with Gasteiger partial charge in [0.25, 0.3) is 0 Å². The number of aromatic nitrogens is 1. The number of anilines is 3. The molecule has 0 saturated heterocycles. The Morgan fingerprint density at radius 3 is 2.31 bits per heavy atom. The number of hydrogen-bond donors (Lipinski definition) is 1. The fraction of sp³-hybridized carbons (Fsp3) is 0.273. The molecule has 1 amide bonds. The van der Waals surface area contributed by atoms with E-state index in [0.717, 1.165) is 40.2 Å². The second-order valence-electron chi connectivity index (χ2n) is 10.4. The van der Waals surface area contributed by atoms with Crippen LogP contribution in [-0.4, -0.2) is 23.5 Å². The summed E-state index contributed by atoms with van der Waals surface area (Å²) >= 11 is 6.26. The number of nitrogens with one attached hydrogen (secondary N) is 1. The van der Waals surface area contributed by atoms with Crippen molar-refractivity contribution < 1.29 is 4.79 Å². The maximum atomic E-state index is 13.7. The average molecular weight is 539 g/mol. The van der Waals surface area contributed by atoms with Crippen LogP contribution in [0.4, 0.5) is 17.1 Å². The van der Waals surface area contributed by atoms with Gasteiger partial charge in [-0.15, -0.1) is 0 Å². The third-order valence-corrected chi connectivity index (χ3v) is 7.76. The average Bonchev–Trinajstić information content (AvgIpc) is 2.94. The van der Waals surface area contributed by atoms with Gasteiger partial charge in [-0.25, -0.2) is 0 Å². The Hall–Kier alpha value is -3.83. The summed E-state index contributed by atoms with van der Waals surface area (Å²) in [5.41, 5.74) is 7.46. The van der Waals surface area contributed by atoms with Crippen molar-refractivity contribution in [2.24, 2.45) is 0 Å². The van der Waals surface area contributed by atoms with Gasteiger partial charge in [-0.05, 0) is 111 Å². The third kappa shape index (κ3) is 5.64. The van der Waals surface area contributed by atoms with Crippen molar-refractivity contribution >= 4 is 34.6 Å². The first-order chi connectivity index (χ1) is 18.9. The lowest BCUT2D eigenvalue weighted by Gasteiger charge is -2.39. The van der Waals surface area contributed by atoms with Crippen LogP contribution in [0.25, 0.3) is 0 Å². The molecule has 0 spiro atoms. The quantitative estimate of drug-likeness (QED) is 0.248. The first-order valence-electron chi connectivity index (χ1n) is 13.6. The molecular formula is C33H35ClN4O. The van der Waals surface area contributed by atoms with Crippen molar-refractivity contribution in [2.45, 2.75) is 52.2 Å². The van der Waals surface area contributed by atoms with Crippen LogP contribution in [0, 0.1) is 0 Å². The minimum absolute atomic E-state index is 0.0808. The lowest BCUT2D eigenvalue weighted by Crippen LogP contribution is -2.41. The minimum Gasteiger partial charge on any atom is -0.379 e. The molecule has 0 radical (unpaired) electrons. The van der Waals surface area contributed by atoms with Gasteiger partial charge < -0.3 is 15.1 Å². The molecule has 0 fully saturated rings. The highest BCUT2D eigenvalue weighted by Gasteiger charge is 2.35. The highest BCUT2D eigenvalue weighted by Crippen LogP contribution is 2.41. The number of halogens is 1. The van der Waals surface area contributed by atoms with Crippen LogP contribution < -0.4 is 15.1 Å². The van der Waals surface area contributed by atoms with E-state index < -0.39 is 0 Å². The van der Waals surface area contributed by atoms with E-state index in [1.807, 2.05) is 65.6 Å². The highest BCUT2D eigenvalue weighted by atomic mass is 35.5. The Morgan fingerprint density at radius 2 is 1.67 bits per heavy atom. The van der Waals surface area contributed by atoms with Gasteiger partial charge in [0.2, 0.25) is 5.91 Å². The summed E-state index contributed by atoms with van der Waals surface area (Å²) in [5, 5.41) is 4.23. The van der Waals surface area contributed by atoms with Crippen LogP contribution >= 0.6 is 11.6 Å². The molecule has 0 saturated carbocycles. The second kappa shape index (κ2) is 11.5. The van der Waals surface area contributed by atoms with E-state index in [1.54, 1.807) is 12.4 Å². The molecule has 1 aromatic heterocycles. The monoisotopic (exact) mass is 538 g/mol.